The maximum atomic E-state index is 5.93. The van der Waals surface area contributed by atoms with E-state index in [1.165, 1.54) is 11.3 Å². The van der Waals surface area contributed by atoms with Gasteiger partial charge in [0.15, 0.2) is 4.34 Å². The van der Waals surface area contributed by atoms with E-state index in [0.717, 1.165) is 37.8 Å². The van der Waals surface area contributed by atoms with E-state index >= 15 is 0 Å². The van der Waals surface area contributed by atoms with Gasteiger partial charge in [0.2, 0.25) is 10.9 Å². The average Bonchev–Trinajstić information content (AvgIpc) is 2.94. The first-order chi connectivity index (χ1) is 10.5. The largest absolute Gasteiger partial charge is 0.461 e. The van der Waals surface area contributed by atoms with Crippen molar-refractivity contribution < 1.29 is 9.47 Å². The highest BCUT2D eigenvalue weighted by Gasteiger charge is 2.30. The van der Waals surface area contributed by atoms with Crippen molar-refractivity contribution in [1.82, 2.24) is 15.2 Å². The number of nitrogens with one attached hydrogen (secondary N) is 1. The second-order valence-electron chi connectivity index (χ2n) is 5.38. The topological polar surface area (TPSA) is 69.2 Å². The van der Waals surface area contributed by atoms with Crippen LogP contribution in [0.2, 0.25) is 0 Å². The SMILES string of the molecule is CNc1nnc(SCc2cnc(C)c3c2COC(C)(C)O3)s1. The van der Waals surface area contributed by atoms with Crippen molar-refractivity contribution in [2.45, 2.75) is 43.3 Å². The van der Waals surface area contributed by atoms with Crippen LogP contribution in [-0.2, 0) is 17.1 Å². The zero-order valence-electron chi connectivity index (χ0n) is 13.0. The zero-order chi connectivity index (χ0) is 15.7. The lowest BCUT2D eigenvalue weighted by atomic mass is 10.1. The van der Waals surface area contributed by atoms with Crippen molar-refractivity contribution in [1.29, 1.82) is 0 Å². The van der Waals surface area contributed by atoms with E-state index in [1.807, 2.05) is 34.0 Å². The molecule has 0 fully saturated rings. The van der Waals surface area contributed by atoms with Gasteiger partial charge in [-0.05, 0) is 12.5 Å². The number of thioether (sulfide) groups is 1. The molecule has 118 valence electrons. The molecule has 8 heteroatoms. The van der Waals surface area contributed by atoms with Crippen LogP contribution in [0.5, 0.6) is 5.75 Å². The number of hydrogen-bond donors (Lipinski definition) is 1. The van der Waals surface area contributed by atoms with E-state index in [4.69, 9.17) is 9.47 Å². The Hall–Kier alpha value is -1.38. The van der Waals surface area contributed by atoms with Gasteiger partial charge in [0.05, 0.1) is 12.3 Å². The standard InChI is InChI=1S/C14H18N4O2S2/c1-8-11-10(6-19-14(2,3)20-11)9(5-16-8)7-21-13-18-17-12(15-4)22-13/h5H,6-7H2,1-4H3,(H,15,17). The van der Waals surface area contributed by atoms with Crippen molar-refractivity contribution in [3.63, 3.8) is 0 Å². The molecule has 2 aromatic rings. The number of hydrogen-bond acceptors (Lipinski definition) is 8. The maximum absolute atomic E-state index is 5.93. The number of aryl methyl sites for hydroxylation is 1. The number of nitrogens with zero attached hydrogens (tertiary/aromatic N) is 3. The first kappa shape index (κ1) is 15.5. The molecule has 0 radical (unpaired) electrons. The van der Waals surface area contributed by atoms with Crippen LogP contribution in [0.1, 0.15) is 30.7 Å². The van der Waals surface area contributed by atoms with Crippen LogP contribution in [0.15, 0.2) is 10.5 Å². The Morgan fingerprint density at radius 3 is 2.95 bits per heavy atom. The number of pyridine rings is 1. The Labute approximate surface area is 137 Å². The summed E-state index contributed by atoms with van der Waals surface area (Å²) in [6, 6.07) is 0. The van der Waals surface area contributed by atoms with Crippen molar-refractivity contribution in [2.24, 2.45) is 0 Å². The average molecular weight is 338 g/mol. The van der Waals surface area contributed by atoms with E-state index in [1.54, 1.807) is 11.8 Å². The van der Waals surface area contributed by atoms with Gasteiger partial charge in [0.1, 0.15) is 5.75 Å². The number of fused-ring (bicyclic) bond motifs is 1. The number of ether oxygens (including phenoxy) is 2. The first-order valence-electron chi connectivity index (χ1n) is 6.93. The van der Waals surface area contributed by atoms with Gasteiger partial charge in [-0.25, -0.2) is 0 Å². The molecule has 2 aromatic heterocycles. The van der Waals surface area contributed by atoms with Crippen LogP contribution in [-0.4, -0.2) is 28.0 Å². The lowest BCUT2D eigenvalue weighted by Gasteiger charge is -2.34. The molecule has 3 heterocycles. The first-order valence-corrected chi connectivity index (χ1v) is 8.73. The molecular weight excluding hydrogens is 320 g/mol. The molecule has 0 aliphatic carbocycles. The van der Waals surface area contributed by atoms with Crippen LogP contribution in [0.3, 0.4) is 0 Å². The van der Waals surface area contributed by atoms with Crippen LogP contribution in [0.4, 0.5) is 5.13 Å². The number of aromatic nitrogens is 3. The second kappa shape index (κ2) is 6.02. The quantitative estimate of drug-likeness (QED) is 0.858. The van der Waals surface area contributed by atoms with Crippen LogP contribution >= 0.6 is 23.1 Å². The molecule has 1 N–H and O–H groups in total. The highest BCUT2D eigenvalue weighted by Crippen LogP contribution is 2.37. The van der Waals surface area contributed by atoms with Gasteiger partial charge in [0.25, 0.3) is 0 Å². The summed E-state index contributed by atoms with van der Waals surface area (Å²) in [7, 11) is 1.84. The fraction of sp³-hybridized carbons (Fsp3) is 0.500. The molecule has 0 bridgehead atoms. The molecule has 1 aliphatic heterocycles. The summed E-state index contributed by atoms with van der Waals surface area (Å²) in [5.74, 6) is 1.01. The molecular formula is C14H18N4O2S2. The monoisotopic (exact) mass is 338 g/mol. The second-order valence-corrected chi connectivity index (χ2v) is 7.58. The Balaban J connectivity index is 1.80. The molecule has 6 nitrogen and oxygen atoms in total. The van der Waals surface area contributed by atoms with Gasteiger partial charge in [-0.15, -0.1) is 10.2 Å². The Morgan fingerprint density at radius 2 is 2.23 bits per heavy atom. The molecule has 1 aliphatic rings. The fourth-order valence-electron chi connectivity index (χ4n) is 2.12. The minimum absolute atomic E-state index is 0.541. The molecule has 0 saturated heterocycles. The minimum Gasteiger partial charge on any atom is -0.461 e. The highest BCUT2D eigenvalue weighted by atomic mass is 32.2. The van der Waals surface area contributed by atoms with Gasteiger partial charge in [-0.2, -0.15) is 0 Å². The predicted molar refractivity (Wildman–Crippen MR) is 87.5 cm³/mol. The third-order valence-corrected chi connectivity index (χ3v) is 5.41. The van der Waals surface area contributed by atoms with Crippen molar-refractivity contribution in [3.8, 4) is 5.75 Å². The smallest absolute Gasteiger partial charge is 0.206 e. The molecule has 0 amide bonds. The number of anilines is 1. The third kappa shape index (κ3) is 3.18. The van der Waals surface area contributed by atoms with Crippen LogP contribution in [0.25, 0.3) is 0 Å². The summed E-state index contributed by atoms with van der Waals surface area (Å²) in [6.45, 7) is 6.33. The van der Waals surface area contributed by atoms with Crippen molar-refractivity contribution in [2.75, 3.05) is 12.4 Å². The lowest BCUT2D eigenvalue weighted by molar-refractivity contribution is -0.180. The van der Waals surface area contributed by atoms with E-state index in [0.29, 0.717) is 6.61 Å². The number of rotatable bonds is 4. The minimum atomic E-state index is -0.605. The molecule has 0 unspecified atom stereocenters. The van der Waals surface area contributed by atoms with E-state index in [9.17, 15) is 0 Å². The van der Waals surface area contributed by atoms with Gasteiger partial charge in [-0.3, -0.25) is 4.98 Å². The Bertz CT molecular complexity index is 687. The molecule has 0 saturated carbocycles. The van der Waals surface area contributed by atoms with Crippen LogP contribution in [0, 0.1) is 6.92 Å². The van der Waals surface area contributed by atoms with Gasteiger partial charge in [0, 0.05) is 38.4 Å². The summed E-state index contributed by atoms with van der Waals surface area (Å²) in [4.78, 5) is 4.45. The van der Waals surface area contributed by atoms with Crippen LogP contribution < -0.4 is 10.1 Å². The van der Waals surface area contributed by atoms with Gasteiger partial charge < -0.3 is 14.8 Å². The summed E-state index contributed by atoms with van der Waals surface area (Å²) in [5, 5.41) is 12.0. The highest BCUT2D eigenvalue weighted by molar-refractivity contribution is 8.00. The summed E-state index contributed by atoms with van der Waals surface area (Å²) in [5.41, 5.74) is 3.09. The summed E-state index contributed by atoms with van der Waals surface area (Å²) in [6.07, 6.45) is 1.90. The normalized spacial score (nSPS) is 16.0. The molecule has 0 aromatic carbocycles. The van der Waals surface area contributed by atoms with E-state index in [2.05, 4.69) is 20.5 Å². The molecule has 3 rings (SSSR count). The molecule has 0 spiro atoms. The predicted octanol–water partition coefficient (Wildman–Crippen LogP) is 3.22. The van der Waals surface area contributed by atoms with Crippen molar-refractivity contribution in [3.05, 3.63) is 23.0 Å². The molecule has 0 atom stereocenters. The zero-order valence-corrected chi connectivity index (χ0v) is 14.6. The molecule has 22 heavy (non-hydrogen) atoms. The Kier molecular flexibility index (Phi) is 4.24. The van der Waals surface area contributed by atoms with E-state index < -0.39 is 5.79 Å². The maximum Gasteiger partial charge on any atom is 0.206 e. The van der Waals surface area contributed by atoms with Gasteiger partial charge >= 0.3 is 0 Å². The summed E-state index contributed by atoms with van der Waals surface area (Å²) < 4.78 is 12.6. The third-order valence-electron chi connectivity index (χ3n) is 3.29. The lowest BCUT2D eigenvalue weighted by Crippen LogP contribution is -2.36. The van der Waals surface area contributed by atoms with Gasteiger partial charge in [-0.1, -0.05) is 23.1 Å². The summed E-state index contributed by atoms with van der Waals surface area (Å²) >= 11 is 3.18. The van der Waals surface area contributed by atoms with Crippen molar-refractivity contribution >= 4 is 28.2 Å². The Morgan fingerprint density at radius 1 is 1.41 bits per heavy atom. The van der Waals surface area contributed by atoms with E-state index in [-0.39, 0.29) is 0 Å². The fourth-order valence-corrected chi connectivity index (χ4v) is 3.83.